The van der Waals surface area contributed by atoms with Crippen LogP contribution in [0.4, 0.5) is 0 Å². The van der Waals surface area contributed by atoms with Gasteiger partial charge in [-0.05, 0) is 151 Å². The van der Waals surface area contributed by atoms with Gasteiger partial charge in [0.25, 0.3) is 0 Å². The molecule has 314 valence electrons. The predicted octanol–water partition coefficient (Wildman–Crippen LogP) is 15.8. The molecule has 0 saturated heterocycles. The van der Waals surface area contributed by atoms with E-state index < -0.39 is 0 Å². The highest BCUT2D eigenvalue weighted by Gasteiger charge is 2.17. The fourth-order valence-electron chi connectivity index (χ4n) is 9.40. The summed E-state index contributed by atoms with van der Waals surface area (Å²) < 4.78 is 0. The Morgan fingerprint density at radius 2 is 0.712 bits per heavy atom. The lowest BCUT2D eigenvalue weighted by atomic mass is 9.86. The first-order valence-electron chi connectivity index (χ1n) is 22.9. The molecule has 0 bridgehead atoms. The van der Waals surface area contributed by atoms with E-state index >= 15 is 0 Å². The van der Waals surface area contributed by atoms with Gasteiger partial charge in [0.1, 0.15) is 0 Å². The highest BCUT2D eigenvalue weighted by Crippen LogP contribution is 2.42. The van der Waals surface area contributed by atoms with E-state index in [9.17, 15) is 0 Å². The van der Waals surface area contributed by atoms with Crippen molar-refractivity contribution in [2.45, 2.75) is 25.7 Å². The van der Waals surface area contributed by atoms with Gasteiger partial charge in [0.05, 0.1) is 17.1 Å². The van der Waals surface area contributed by atoms with Crippen molar-refractivity contribution in [2.75, 3.05) is 0 Å². The van der Waals surface area contributed by atoms with Crippen LogP contribution in [0.3, 0.4) is 0 Å². The molecule has 3 nitrogen and oxygen atoms in total. The van der Waals surface area contributed by atoms with Crippen LogP contribution in [-0.4, -0.2) is 15.0 Å². The van der Waals surface area contributed by atoms with E-state index in [0.717, 1.165) is 59.5 Å². The van der Waals surface area contributed by atoms with E-state index in [0.29, 0.717) is 0 Å². The molecule has 11 rings (SSSR count). The summed E-state index contributed by atoms with van der Waals surface area (Å²) in [5, 5.41) is 5.01. The van der Waals surface area contributed by atoms with Crippen molar-refractivity contribution in [1.29, 1.82) is 0 Å². The molecular weight excluding hydrogens is 799 g/mol. The molecule has 0 aliphatic heterocycles. The third-order valence-corrected chi connectivity index (χ3v) is 12.9. The van der Waals surface area contributed by atoms with Gasteiger partial charge in [0, 0.05) is 35.3 Å². The number of pyridine rings is 3. The Labute approximate surface area is 386 Å². The third kappa shape index (κ3) is 8.67. The van der Waals surface area contributed by atoms with Crippen LogP contribution in [-0.2, 0) is 25.7 Å². The van der Waals surface area contributed by atoms with Gasteiger partial charge in [-0.25, -0.2) is 0 Å². The van der Waals surface area contributed by atoms with Crippen LogP contribution in [0.1, 0.15) is 22.3 Å². The maximum absolute atomic E-state index is 4.76. The highest BCUT2D eigenvalue weighted by atomic mass is 14.7. The minimum absolute atomic E-state index is 0.931. The second kappa shape index (κ2) is 18.4. The monoisotopic (exact) mass is 845 g/mol. The molecule has 3 heterocycles. The molecule has 11 aromatic rings. The summed E-state index contributed by atoms with van der Waals surface area (Å²) in [5.41, 5.74) is 18.8. The van der Waals surface area contributed by atoms with Gasteiger partial charge in [0.15, 0.2) is 0 Å². The number of aromatic nitrogens is 3. The Kier molecular flexibility index (Phi) is 11.3. The SMILES string of the molecule is c1ccc(-c2ccc(CCc3cc(CCc4ccc(-c5ccccn5)cc4)cc(-c4ccccc4-c4ccc(-c5ccccn5)cc4-c4ccc5c(ccc6ccccc65)c4)c3)cc2)nc1. The minimum Gasteiger partial charge on any atom is -0.256 e. The Morgan fingerprint density at radius 1 is 0.242 bits per heavy atom. The number of fused-ring (bicyclic) bond motifs is 3. The van der Waals surface area contributed by atoms with Crippen LogP contribution in [0.2, 0.25) is 0 Å². The molecule has 3 heteroatoms. The molecular formula is C63H47N3. The molecule has 0 radical (unpaired) electrons. The minimum atomic E-state index is 0.931. The van der Waals surface area contributed by atoms with E-state index in [1.165, 1.54) is 77.2 Å². The molecule has 0 fully saturated rings. The molecule has 66 heavy (non-hydrogen) atoms. The average Bonchev–Trinajstić information content (AvgIpc) is 3.40. The summed E-state index contributed by atoms with van der Waals surface area (Å²) >= 11 is 0. The Hall–Kier alpha value is -8.27. The van der Waals surface area contributed by atoms with Crippen molar-refractivity contribution < 1.29 is 0 Å². The number of hydrogen-bond acceptors (Lipinski definition) is 3. The average molecular weight is 846 g/mol. The first-order chi connectivity index (χ1) is 32.7. The fraction of sp³-hybridized carbons (Fsp3) is 0.0635. The summed E-state index contributed by atoms with van der Waals surface area (Å²) in [4.78, 5) is 13.9. The number of hydrogen-bond donors (Lipinski definition) is 0. The van der Waals surface area contributed by atoms with Crippen LogP contribution in [0.25, 0.3) is 88.7 Å². The zero-order valence-corrected chi connectivity index (χ0v) is 36.7. The number of benzene rings is 8. The van der Waals surface area contributed by atoms with Gasteiger partial charge in [-0.2, -0.15) is 0 Å². The van der Waals surface area contributed by atoms with Crippen molar-refractivity contribution in [3.8, 4) is 67.2 Å². The van der Waals surface area contributed by atoms with Crippen LogP contribution in [0.15, 0.2) is 237 Å². The Morgan fingerprint density at radius 3 is 1.32 bits per heavy atom. The van der Waals surface area contributed by atoms with E-state index in [1.807, 2.05) is 48.9 Å². The van der Waals surface area contributed by atoms with E-state index in [2.05, 4.69) is 198 Å². The van der Waals surface area contributed by atoms with Crippen molar-refractivity contribution >= 4 is 21.5 Å². The first kappa shape index (κ1) is 40.5. The second-order valence-electron chi connectivity index (χ2n) is 17.1. The maximum atomic E-state index is 4.76. The zero-order chi connectivity index (χ0) is 44.1. The molecule has 8 aromatic carbocycles. The zero-order valence-electron chi connectivity index (χ0n) is 36.7. The van der Waals surface area contributed by atoms with E-state index in [-0.39, 0.29) is 0 Å². The molecule has 0 saturated carbocycles. The molecule has 0 spiro atoms. The van der Waals surface area contributed by atoms with Crippen molar-refractivity contribution in [3.05, 3.63) is 259 Å². The summed E-state index contributed by atoms with van der Waals surface area (Å²) in [6, 6.07) is 79.3. The van der Waals surface area contributed by atoms with Crippen molar-refractivity contribution in [2.24, 2.45) is 0 Å². The number of rotatable bonds is 12. The standard InChI is InChI=1S/C63H47N3/c1-2-12-55-48(11-1)30-31-51-42-52(32-34-57(51)55)60-43-53(63-17-7-10-38-66-63)33-35-59(60)58-14-4-3-13-56(58)54-40-46(20-18-44-22-26-49(27-23-44)61-15-5-8-36-64-61)39-47(41-54)21-19-45-24-28-50(29-25-45)62-16-6-9-37-65-62/h1-17,22-43H,18-21H2. The third-order valence-electron chi connectivity index (χ3n) is 12.9. The quantitative estimate of drug-likeness (QED) is 0.115. The summed E-state index contributed by atoms with van der Waals surface area (Å²) in [6.45, 7) is 0. The lowest BCUT2D eigenvalue weighted by Gasteiger charge is -2.18. The van der Waals surface area contributed by atoms with Gasteiger partial charge in [-0.15, -0.1) is 0 Å². The largest absolute Gasteiger partial charge is 0.256 e. The Bertz CT molecular complexity index is 3330. The van der Waals surface area contributed by atoms with Gasteiger partial charge in [0.2, 0.25) is 0 Å². The second-order valence-corrected chi connectivity index (χ2v) is 17.1. The molecule has 0 amide bonds. The highest BCUT2D eigenvalue weighted by molar-refractivity contribution is 6.09. The van der Waals surface area contributed by atoms with Crippen molar-refractivity contribution in [3.63, 3.8) is 0 Å². The lowest BCUT2D eigenvalue weighted by molar-refractivity contribution is 0.931. The fourth-order valence-corrected chi connectivity index (χ4v) is 9.40. The number of aryl methyl sites for hydroxylation is 4. The van der Waals surface area contributed by atoms with Gasteiger partial charge < -0.3 is 0 Å². The van der Waals surface area contributed by atoms with Crippen LogP contribution in [0, 0.1) is 0 Å². The summed E-state index contributed by atoms with van der Waals surface area (Å²) in [5.74, 6) is 0. The van der Waals surface area contributed by atoms with E-state index in [1.54, 1.807) is 0 Å². The van der Waals surface area contributed by atoms with Crippen LogP contribution in [0.5, 0.6) is 0 Å². The number of nitrogens with zero attached hydrogens (tertiary/aromatic N) is 3. The summed E-state index contributed by atoms with van der Waals surface area (Å²) in [6.07, 6.45) is 9.33. The summed E-state index contributed by atoms with van der Waals surface area (Å²) in [7, 11) is 0. The van der Waals surface area contributed by atoms with Gasteiger partial charge in [-0.1, -0.05) is 170 Å². The Balaban J connectivity index is 0.977. The van der Waals surface area contributed by atoms with Gasteiger partial charge in [-0.3, -0.25) is 15.0 Å². The molecule has 0 N–H and O–H groups in total. The molecule has 0 atom stereocenters. The van der Waals surface area contributed by atoms with Gasteiger partial charge >= 0.3 is 0 Å². The van der Waals surface area contributed by atoms with Crippen LogP contribution >= 0.6 is 0 Å². The normalized spacial score (nSPS) is 11.3. The molecule has 0 unspecified atom stereocenters. The first-order valence-corrected chi connectivity index (χ1v) is 22.9. The van der Waals surface area contributed by atoms with Crippen LogP contribution < -0.4 is 0 Å². The topological polar surface area (TPSA) is 38.7 Å². The maximum Gasteiger partial charge on any atom is 0.0702 e. The molecule has 0 aliphatic carbocycles. The predicted molar refractivity (Wildman–Crippen MR) is 275 cm³/mol. The van der Waals surface area contributed by atoms with E-state index in [4.69, 9.17) is 4.98 Å². The lowest BCUT2D eigenvalue weighted by Crippen LogP contribution is -1.98. The molecule has 3 aromatic heterocycles. The van der Waals surface area contributed by atoms with Crippen molar-refractivity contribution in [1.82, 2.24) is 15.0 Å². The molecule has 0 aliphatic rings. The smallest absolute Gasteiger partial charge is 0.0702 e.